The number of hydrogen-bond donors (Lipinski definition) is 0. The fourth-order valence-electron chi connectivity index (χ4n) is 2.49. The smallest absolute Gasteiger partial charge is 0.741 e. The van der Waals surface area contributed by atoms with E-state index in [0.717, 1.165) is 0 Å². The fraction of sp³-hybridized carbons (Fsp3) is 0.474. The maximum Gasteiger partial charge on any atom is 2.00 e. The Labute approximate surface area is 211 Å². The predicted octanol–water partition coefficient (Wildman–Crippen LogP) is 3.95. The molecule has 0 atom stereocenters. The zero-order valence-corrected chi connectivity index (χ0v) is 21.1. The number of benzene rings is 1. The first-order valence-corrected chi connectivity index (χ1v) is 10.5. The van der Waals surface area contributed by atoms with Crippen LogP contribution in [0.15, 0.2) is 20.4 Å². The van der Waals surface area contributed by atoms with E-state index in [4.69, 9.17) is 25.3 Å². The van der Waals surface area contributed by atoms with Gasteiger partial charge in [-0.15, -0.1) is 5.10 Å². The van der Waals surface area contributed by atoms with E-state index in [9.17, 15) is 22.0 Å². The average Bonchev–Trinajstić information content (AvgIpc) is 2.78. The molecule has 0 amide bonds. The van der Waals surface area contributed by atoms with Crippen molar-refractivity contribution in [2.45, 2.75) is 34.6 Å². The van der Waals surface area contributed by atoms with Crippen molar-refractivity contribution in [1.82, 2.24) is 9.80 Å². The molecule has 33 heavy (non-hydrogen) atoms. The van der Waals surface area contributed by atoms with Crippen LogP contribution in [0.3, 0.4) is 0 Å². The van der Waals surface area contributed by atoms with Crippen LogP contribution < -0.4 is 0 Å². The second kappa shape index (κ2) is 14.4. The molecule has 0 bridgehead atoms. The minimum Gasteiger partial charge on any atom is -0.741 e. The standard InChI is InChI=1S/C19H25F5N6S2.Cu/c1-6-29(7-2)18(31)27-25-10(5)17(26-28-19(32)30(8-3)9-4)11-12(20)14(22)16(24)15(23)13(11)21;/h6-9H2,1-5H3,(H,27,31)(H,28,32);/q;+2/p-2. The van der Waals surface area contributed by atoms with Crippen molar-refractivity contribution in [3.05, 3.63) is 34.6 Å². The monoisotopic (exact) mass is 557 g/mol. The molecule has 1 aromatic rings. The second-order valence-electron chi connectivity index (χ2n) is 6.19. The summed E-state index contributed by atoms with van der Waals surface area (Å²) in [7, 11) is 0. The molecule has 0 unspecified atom stereocenters. The summed E-state index contributed by atoms with van der Waals surface area (Å²) in [6, 6.07) is 0. The molecule has 0 saturated heterocycles. The van der Waals surface area contributed by atoms with Gasteiger partial charge >= 0.3 is 17.1 Å². The molecule has 0 aliphatic heterocycles. The third kappa shape index (κ3) is 7.56. The van der Waals surface area contributed by atoms with E-state index in [1.807, 2.05) is 13.8 Å². The SMILES string of the molecule is CCN(CC)C([S-])=NN=C(C)C(=NN=C([S-])N(CC)CC)c1c(F)c(F)c(F)c(F)c1F.[Cu+2]. The van der Waals surface area contributed by atoms with E-state index in [1.54, 1.807) is 23.6 Å². The predicted molar refractivity (Wildman–Crippen MR) is 121 cm³/mol. The summed E-state index contributed by atoms with van der Waals surface area (Å²) < 4.78 is 70.0. The van der Waals surface area contributed by atoms with Crippen LogP contribution in [0.4, 0.5) is 22.0 Å². The van der Waals surface area contributed by atoms with E-state index in [0.29, 0.717) is 26.2 Å². The van der Waals surface area contributed by atoms with E-state index in [-0.39, 0.29) is 33.1 Å². The number of rotatable bonds is 8. The molecular formula is C19H23CuF5N6S2. The molecule has 1 radical (unpaired) electrons. The second-order valence-corrected chi connectivity index (χ2v) is 6.92. The Morgan fingerprint density at radius 2 is 0.970 bits per heavy atom. The first kappa shape index (κ1) is 31.1. The zero-order valence-electron chi connectivity index (χ0n) is 18.5. The summed E-state index contributed by atoms with van der Waals surface area (Å²) in [6.07, 6.45) is 0. The van der Waals surface area contributed by atoms with Gasteiger partial charge in [-0.1, -0.05) is 0 Å². The van der Waals surface area contributed by atoms with Crippen molar-refractivity contribution < 1.29 is 39.0 Å². The molecule has 0 aromatic heterocycles. The van der Waals surface area contributed by atoms with Gasteiger partial charge in [-0.2, -0.15) is 15.3 Å². The molecule has 0 spiro atoms. The third-order valence-electron chi connectivity index (χ3n) is 4.38. The van der Waals surface area contributed by atoms with Gasteiger partial charge in [0.1, 0.15) is 5.71 Å². The summed E-state index contributed by atoms with van der Waals surface area (Å²) >= 11 is 10.2. The molecule has 0 aliphatic rings. The molecule has 1 aromatic carbocycles. The Morgan fingerprint density at radius 3 is 1.33 bits per heavy atom. The summed E-state index contributed by atoms with van der Waals surface area (Å²) in [4.78, 5) is 3.27. The Morgan fingerprint density at radius 1 is 0.636 bits per heavy atom. The Bertz CT molecular complexity index is 918. The summed E-state index contributed by atoms with van der Waals surface area (Å²) in [5.41, 5.74) is -2.30. The molecular weight excluding hydrogens is 535 g/mol. The normalized spacial score (nSPS) is 13.2. The maximum absolute atomic E-state index is 14.5. The molecule has 0 fully saturated rings. The van der Waals surface area contributed by atoms with Crippen molar-refractivity contribution in [2.75, 3.05) is 26.2 Å². The van der Waals surface area contributed by atoms with Crippen LogP contribution in [0.1, 0.15) is 40.2 Å². The molecule has 0 aliphatic carbocycles. The molecule has 0 heterocycles. The van der Waals surface area contributed by atoms with E-state index >= 15 is 0 Å². The molecule has 0 N–H and O–H groups in total. The van der Waals surface area contributed by atoms with Crippen molar-refractivity contribution in [3.63, 3.8) is 0 Å². The van der Waals surface area contributed by atoms with Gasteiger partial charge in [0.25, 0.3) is 0 Å². The van der Waals surface area contributed by atoms with Crippen LogP contribution in [0.2, 0.25) is 0 Å². The number of nitrogens with zero attached hydrogens (tertiary/aromatic N) is 6. The summed E-state index contributed by atoms with van der Waals surface area (Å²) in [5.74, 6) is -10.7. The van der Waals surface area contributed by atoms with Gasteiger partial charge in [0, 0.05) is 36.5 Å². The fourth-order valence-corrected chi connectivity index (χ4v) is 3.09. The van der Waals surface area contributed by atoms with Crippen molar-refractivity contribution in [1.29, 1.82) is 0 Å². The number of amidine groups is 2. The van der Waals surface area contributed by atoms with E-state index < -0.39 is 40.4 Å². The molecule has 1 rings (SSSR count). The van der Waals surface area contributed by atoms with Crippen LogP contribution in [-0.4, -0.2) is 57.7 Å². The van der Waals surface area contributed by atoms with Crippen LogP contribution in [0.5, 0.6) is 0 Å². The van der Waals surface area contributed by atoms with Gasteiger partial charge in [-0.25, -0.2) is 22.0 Å². The van der Waals surface area contributed by atoms with Crippen molar-refractivity contribution >= 4 is 47.0 Å². The van der Waals surface area contributed by atoms with Gasteiger partial charge in [-0.05, 0) is 34.6 Å². The maximum atomic E-state index is 14.5. The summed E-state index contributed by atoms with van der Waals surface area (Å²) in [6.45, 7) is 10.5. The Hall–Kier alpha value is -1.89. The van der Waals surface area contributed by atoms with Crippen LogP contribution >= 0.6 is 0 Å². The van der Waals surface area contributed by atoms with Gasteiger partial charge in [-0.3, -0.25) is 0 Å². The molecule has 6 nitrogen and oxygen atoms in total. The van der Waals surface area contributed by atoms with Gasteiger partial charge < -0.3 is 35.1 Å². The number of halogens is 5. The quantitative estimate of drug-likeness (QED) is 0.0710. The van der Waals surface area contributed by atoms with E-state index in [2.05, 4.69) is 20.4 Å². The Kier molecular flexibility index (Phi) is 13.6. The minimum absolute atomic E-state index is 0. The largest absolute Gasteiger partial charge is 2.00 e. The van der Waals surface area contributed by atoms with Crippen LogP contribution in [-0.2, 0) is 42.3 Å². The van der Waals surface area contributed by atoms with Gasteiger partial charge in [0.15, 0.2) is 23.3 Å². The molecule has 187 valence electrons. The zero-order chi connectivity index (χ0) is 24.6. The topological polar surface area (TPSA) is 55.9 Å². The first-order chi connectivity index (χ1) is 15.0. The minimum atomic E-state index is -2.29. The Balaban J connectivity index is 0.0000102. The van der Waals surface area contributed by atoms with E-state index in [1.165, 1.54) is 6.92 Å². The van der Waals surface area contributed by atoms with Crippen molar-refractivity contribution in [3.8, 4) is 0 Å². The van der Waals surface area contributed by atoms with Crippen LogP contribution in [0, 0.1) is 29.1 Å². The third-order valence-corrected chi connectivity index (χ3v) is 5.06. The molecule has 0 saturated carbocycles. The number of hydrogen-bond acceptors (Lipinski definition) is 6. The van der Waals surface area contributed by atoms with Gasteiger partial charge in [0.05, 0.1) is 11.3 Å². The summed E-state index contributed by atoms with van der Waals surface area (Å²) in [5, 5.41) is 15.0. The average molecular weight is 558 g/mol. The first-order valence-electron chi connectivity index (χ1n) is 9.69. The van der Waals surface area contributed by atoms with Gasteiger partial charge in [0.2, 0.25) is 5.82 Å². The molecule has 14 heteroatoms. The van der Waals surface area contributed by atoms with Crippen LogP contribution in [0.25, 0.3) is 0 Å². The van der Waals surface area contributed by atoms with Crippen molar-refractivity contribution in [2.24, 2.45) is 20.4 Å².